The maximum absolute atomic E-state index is 13.4. The molecule has 0 aliphatic carbocycles. The number of alkyl halides is 3. The van der Waals surface area contributed by atoms with Crippen molar-refractivity contribution in [3.05, 3.63) is 41.1 Å². The smallest absolute Gasteiger partial charge is 0.416 e. The summed E-state index contributed by atoms with van der Waals surface area (Å²) in [7, 11) is 2.09. The highest BCUT2D eigenvalue weighted by Gasteiger charge is 2.32. The molecule has 38 heavy (non-hydrogen) atoms. The minimum Gasteiger partial charge on any atom is -0.462 e. The van der Waals surface area contributed by atoms with Crippen molar-refractivity contribution in [1.29, 1.82) is 5.26 Å². The molecule has 0 saturated carbocycles. The Hall–Kier alpha value is -3.10. The van der Waals surface area contributed by atoms with Gasteiger partial charge >= 0.3 is 12.2 Å². The molecular formula is C27H34F3N7O. The summed E-state index contributed by atoms with van der Waals surface area (Å²) >= 11 is 0. The summed E-state index contributed by atoms with van der Waals surface area (Å²) in [5.74, 6) is 0.820. The lowest BCUT2D eigenvalue weighted by Gasteiger charge is -2.35. The van der Waals surface area contributed by atoms with E-state index in [4.69, 9.17) is 14.7 Å². The number of piperazine rings is 1. The Bertz CT molecular complexity index is 1170. The maximum atomic E-state index is 13.4. The van der Waals surface area contributed by atoms with Crippen molar-refractivity contribution in [3.8, 4) is 12.1 Å². The van der Waals surface area contributed by atoms with Crippen LogP contribution in [0, 0.1) is 11.3 Å². The Morgan fingerprint density at radius 1 is 1.16 bits per heavy atom. The zero-order valence-corrected chi connectivity index (χ0v) is 21.7. The van der Waals surface area contributed by atoms with Crippen molar-refractivity contribution in [2.45, 2.75) is 56.9 Å². The summed E-state index contributed by atoms with van der Waals surface area (Å²) in [5.41, 5.74) is 1.67. The third-order valence-electron chi connectivity index (χ3n) is 7.75. The van der Waals surface area contributed by atoms with Gasteiger partial charge in [-0.05, 0) is 57.5 Å². The predicted octanol–water partition coefficient (Wildman–Crippen LogP) is 3.61. The number of likely N-dealkylation sites (tertiary alicyclic amines) is 1. The van der Waals surface area contributed by atoms with Crippen LogP contribution in [0.25, 0.3) is 0 Å². The van der Waals surface area contributed by atoms with Crippen molar-refractivity contribution in [2.24, 2.45) is 0 Å². The van der Waals surface area contributed by atoms with Crippen LogP contribution in [0.5, 0.6) is 6.01 Å². The number of likely N-dealkylation sites (N-methyl/N-ethyl adjacent to an activating group) is 1. The summed E-state index contributed by atoms with van der Waals surface area (Å²) in [6.45, 7) is 4.65. The maximum Gasteiger partial charge on any atom is 0.416 e. The van der Waals surface area contributed by atoms with Gasteiger partial charge in [-0.3, -0.25) is 0 Å². The highest BCUT2D eigenvalue weighted by molar-refractivity contribution is 5.55. The predicted molar refractivity (Wildman–Crippen MR) is 138 cm³/mol. The van der Waals surface area contributed by atoms with E-state index in [-0.39, 0.29) is 6.04 Å². The molecule has 2 aromatic rings. The number of aromatic nitrogens is 2. The lowest BCUT2D eigenvalue weighted by Crippen LogP contribution is -2.51. The van der Waals surface area contributed by atoms with E-state index in [1.165, 1.54) is 12.1 Å². The van der Waals surface area contributed by atoms with Crippen LogP contribution in [-0.2, 0) is 19.1 Å². The molecule has 11 heteroatoms. The van der Waals surface area contributed by atoms with Crippen LogP contribution in [0.15, 0.2) is 24.3 Å². The third-order valence-corrected chi connectivity index (χ3v) is 7.75. The molecule has 3 aliphatic heterocycles. The molecule has 1 unspecified atom stereocenters. The van der Waals surface area contributed by atoms with Crippen LogP contribution in [-0.4, -0.2) is 73.3 Å². The monoisotopic (exact) mass is 529 g/mol. The minimum absolute atomic E-state index is 0.0447. The van der Waals surface area contributed by atoms with E-state index in [2.05, 4.69) is 28.2 Å². The average molecular weight is 530 g/mol. The number of anilines is 2. The molecule has 204 valence electrons. The molecule has 3 aliphatic rings. The number of nitriles is 1. The molecule has 4 heterocycles. The van der Waals surface area contributed by atoms with Crippen LogP contribution >= 0.6 is 0 Å². The second-order valence-electron chi connectivity index (χ2n) is 10.4. The molecule has 2 saturated heterocycles. The molecule has 5 rings (SSSR count). The van der Waals surface area contributed by atoms with Gasteiger partial charge in [0.2, 0.25) is 0 Å². The molecule has 0 bridgehead atoms. The molecule has 0 spiro atoms. The quantitative estimate of drug-likeness (QED) is 0.608. The van der Waals surface area contributed by atoms with E-state index in [0.29, 0.717) is 50.4 Å². The van der Waals surface area contributed by atoms with Gasteiger partial charge in [0.1, 0.15) is 12.4 Å². The first-order chi connectivity index (χ1) is 18.3. The van der Waals surface area contributed by atoms with E-state index < -0.39 is 11.7 Å². The second-order valence-corrected chi connectivity index (χ2v) is 10.4. The molecule has 8 nitrogen and oxygen atoms in total. The topological polar surface area (TPSA) is 80.5 Å². The van der Waals surface area contributed by atoms with Crippen LogP contribution in [0.4, 0.5) is 24.7 Å². The average Bonchev–Trinajstić information content (AvgIpc) is 3.19. The Balaban J connectivity index is 1.46. The minimum atomic E-state index is -4.40. The number of nitrogens with zero attached hydrogens (tertiary/aromatic N) is 6. The van der Waals surface area contributed by atoms with Gasteiger partial charge in [-0.25, -0.2) is 0 Å². The highest BCUT2D eigenvalue weighted by atomic mass is 19.4. The summed E-state index contributed by atoms with van der Waals surface area (Å²) < 4.78 is 46.4. The van der Waals surface area contributed by atoms with E-state index in [0.717, 1.165) is 68.5 Å². The number of rotatable bonds is 6. The Morgan fingerprint density at radius 3 is 2.79 bits per heavy atom. The SMILES string of the molecule is CN1CCC[C@H]1COc1nc2c(c(N3CCNC(CC#N)C3)n1)CCCN(c1cccc(C(F)(F)F)c1)C2. The van der Waals surface area contributed by atoms with Gasteiger partial charge in [-0.2, -0.15) is 28.4 Å². The Labute approximate surface area is 221 Å². The second kappa shape index (κ2) is 11.3. The van der Waals surface area contributed by atoms with Crippen molar-refractivity contribution in [1.82, 2.24) is 20.2 Å². The van der Waals surface area contributed by atoms with Gasteiger partial charge in [-0.15, -0.1) is 0 Å². The van der Waals surface area contributed by atoms with Crippen molar-refractivity contribution in [3.63, 3.8) is 0 Å². The van der Waals surface area contributed by atoms with E-state index in [1.54, 1.807) is 6.07 Å². The number of halogens is 3. The third kappa shape index (κ3) is 5.97. The fourth-order valence-corrected chi connectivity index (χ4v) is 5.64. The lowest BCUT2D eigenvalue weighted by molar-refractivity contribution is -0.137. The van der Waals surface area contributed by atoms with Crippen LogP contribution in [0.2, 0.25) is 0 Å². The van der Waals surface area contributed by atoms with Gasteiger partial charge < -0.3 is 24.8 Å². The Kier molecular flexibility index (Phi) is 7.91. The Morgan fingerprint density at radius 2 is 2.03 bits per heavy atom. The number of fused-ring (bicyclic) bond motifs is 1. The fraction of sp³-hybridized carbons (Fsp3) is 0.593. The summed E-state index contributed by atoms with van der Waals surface area (Å²) in [4.78, 5) is 16.1. The van der Waals surface area contributed by atoms with Gasteiger partial charge in [0.15, 0.2) is 0 Å². The van der Waals surface area contributed by atoms with Gasteiger partial charge in [-0.1, -0.05) is 6.07 Å². The zero-order chi connectivity index (χ0) is 26.7. The van der Waals surface area contributed by atoms with Crippen molar-refractivity contribution >= 4 is 11.5 Å². The number of ether oxygens (including phenoxy) is 1. The van der Waals surface area contributed by atoms with E-state index in [1.807, 2.05) is 4.90 Å². The number of hydrogen-bond donors (Lipinski definition) is 1. The van der Waals surface area contributed by atoms with Gasteiger partial charge in [0, 0.05) is 49.5 Å². The van der Waals surface area contributed by atoms with E-state index in [9.17, 15) is 18.4 Å². The highest BCUT2D eigenvalue weighted by Crippen LogP contribution is 2.34. The van der Waals surface area contributed by atoms with Gasteiger partial charge in [0.25, 0.3) is 0 Å². The van der Waals surface area contributed by atoms with E-state index >= 15 is 0 Å². The first-order valence-corrected chi connectivity index (χ1v) is 13.3. The van der Waals surface area contributed by atoms with Crippen molar-refractivity contribution in [2.75, 3.05) is 56.2 Å². The summed E-state index contributed by atoms with van der Waals surface area (Å²) in [6.07, 6.45) is -0.311. The van der Waals surface area contributed by atoms with Crippen LogP contribution < -0.4 is 19.9 Å². The molecular weight excluding hydrogens is 495 g/mol. The molecule has 1 N–H and O–H groups in total. The normalized spacial score (nSPS) is 22.6. The first-order valence-electron chi connectivity index (χ1n) is 13.3. The number of benzene rings is 1. The zero-order valence-electron chi connectivity index (χ0n) is 21.7. The summed E-state index contributed by atoms with van der Waals surface area (Å²) in [6, 6.07) is 8.40. The molecule has 2 atom stereocenters. The number of hydrogen-bond acceptors (Lipinski definition) is 8. The summed E-state index contributed by atoms with van der Waals surface area (Å²) in [5, 5.41) is 12.6. The standard InChI is InChI=1S/C27H34F3N7O/c1-35-12-3-7-22(35)18-38-26-33-24-17-36(21-6-2-5-19(15-21)27(28,29)30)13-4-8-23(24)25(34-26)37-14-11-32-20(16-37)9-10-31/h2,5-6,15,20,22,32H,3-4,7-9,11-14,16-18H2,1H3/t20?,22-/m0/s1. The fourth-order valence-electron chi connectivity index (χ4n) is 5.64. The van der Waals surface area contributed by atoms with Crippen LogP contribution in [0.1, 0.15) is 42.5 Å². The van der Waals surface area contributed by atoms with Crippen molar-refractivity contribution < 1.29 is 17.9 Å². The largest absolute Gasteiger partial charge is 0.462 e. The molecule has 0 amide bonds. The molecule has 2 fully saturated rings. The number of nitrogens with one attached hydrogen (secondary N) is 1. The molecule has 1 aromatic heterocycles. The lowest BCUT2D eigenvalue weighted by atomic mass is 10.1. The molecule has 0 radical (unpaired) electrons. The first kappa shape index (κ1) is 26.5. The molecule has 1 aromatic carbocycles. The van der Waals surface area contributed by atoms with Crippen LogP contribution in [0.3, 0.4) is 0 Å². The van der Waals surface area contributed by atoms with Gasteiger partial charge in [0.05, 0.1) is 30.3 Å².